The number of esters is 1. The van der Waals surface area contributed by atoms with Crippen LogP contribution in [-0.2, 0) is 14.3 Å². The molecule has 7 heteroatoms. The number of halogens is 2. The van der Waals surface area contributed by atoms with Crippen molar-refractivity contribution in [2.75, 3.05) is 7.11 Å². The number of nitrogens with zero attached hydrogens (tertiary/aromatic N) is 1. The van der Waals surface area contributed by atoms with Crippen LogP contribution in [0.4, 0.5) is 8.78 Å². The number of carbonyl (C=O) groups excluding carboxylic acids is 1. The molecule has 0 aliphatic carbocycles. The van der Waals surface area contributed by atoms with Crippen molar-refractivity contribution >= 4 is 28.5 Å². The molecule has 0 saturated carbocycles. The molecule has 0 unspecified atom stereocenters. The van der Waals surface area contributed by atoms with E-state index >= 15 is 8.78 Å². The van der Waals surface area contributed by atoms with Crippen LogP contribution in [0.2, 0.25) is 0 Å². The molecule has 0 atom stereocenters. The summed E-state index contributed by atoms with van der Waals surface area (Å²) in [6.07, 6.45) is 5.19. The molecule has 178 valence electrons. The van der Waals surface area contributed by atoms with E-state index in [9.17, 15) is 4.79 Å². The number of nitrogens with one attached hydrogen (secondary N) is 1. The van der Waals surface area contributed by atoms with Gasteiger partial charge in [-0.25, -0.2) is 13.6 Å². The predicted molar refractivity (Wildman–Crippen MR) is 128 cm³/mol. The highest BCUT2D eigenvalue weighted by molar-refractivity contribution is 5.90. The maximum Gasteiger partial charge on any atom is 0.330 e. The van der Waals surface area contributed by atoms with Gasteiger partial charge in [-0.05, 0) is 87.6 Å². The summed E-state index contributed by atoms with van der Waals surface area (Å²) in [6, 6.07) is 8.05. The predicted octanol–water partition coefficient (Wildman–Crippen LogP) is 6.20. The molecule has 2 heterocycles. The molecule has 2 aromatic carbocycles. The van der Waals surface area contributed by atoms with Crippen LogP contribution in [0.3, 0.4) is 0 Å². The fraction of sp³-hybridized carbons (Fsp3) is 0.333. The molecule has 5 nitrogen and oxygen atoms in total. The quantitative estimate of drug-likeness (QED) is 0.367. The van der Waals surface area contributed by atoms with Crippen LogP contribution >= 0.6 is 0 Å². The normalized spacial score (nSPS) is 17.3. The lowest BCUT2D eigenvalue weighted by atomic mass is 9.79. The lowest BCUT2D eigenvalue weighted by Crippen LogP contribution is -2.42. The summed E-state index contributed by atoms with van der Waals surface area (Å²) in [4.78, 5) is 11.4. The second-order valence-electron chi connectivity index (χ2n) is 9.84. The summed E-state index contributed by atoms with van der Waals surface area (Å²) in [7, 11) is 1.24. The van der Waals surface area contributed by atoms with E-state index < -0.39 is 28.8 Å². The van der Waals surface area contributed by atoms with E-state index in [-0.39, 0.29) is 11.1 Å². The van der Waals surface area contributed by atoms with Gasteiger partial charge in [-0.3, -0.25) is 5.10 Å². The molecule has 1 N–H and O–H groups in total. The molecule has 0 radical (unpaired) electrons. The zero-order valence-corrected chi connectivity index (χ0v) is 20.0. The Labute approximate surface area is 197 Å². The van der Waals surface area contributed by atoms with E-state index in [1.165, 1.54) is 25.3 Å². The summed E-state index contributed by atoms with van der Waals surface area (Å²) >= 11 is 0. The van der Waals surface area contributed by atoms with Gasteiger partial charge in [0.1, 0.15) is 11.6 Å². The first-order valence-electron chi connectivity index (χ1n) is 11.1. The second-order valence-corrected chi connectivity index (χ2v) is 9.84. The maximum atomic E-state index is 15.6. The molecule has 0 bridgehead atoms. The summed E-state index contributed by atoms with van der Waals surface area (Å²) < 4.78 is 41.9. The summed E-state index contributed by atoms with van der Waals surface area (Å²) in [6.45, 7) is 7.94. The van der Waals surface area contributed by atoms with Gasteiger partial charge in [0.2, 0.25) is 0 Å². The maximum absolute atomic E-state index is 15.6. The summed E-state index contributed by atoms with van der Waals surface area (Å²) in [5, 5.41) is 7.82. The number of ether oxygens (including phenoxy) is 2. The molecule has 1 aliphatic heterocycles. The van der Waals surface area contributed by atoms with E-state index in [1.54, 1.807) is 6.20 Å². The lowest BCUT2D eigenvalue weighted by molar-refractivity contribution is -0.139. The van der Waals surface area contributed by atoms with Crippen LogP contribution < -0.4 is 0 Å². The highest BCUT2D eigenvalue weighted by atomic mass is 19.1. The smallest absolute Gasteiger partial charge is 0.330 e. The second kappa shape index (κ2) is 8.80. The van der Waals surface area contributed by atoms with Crippen LogP contribution in [0.1, 0.15) is 57.2 Å². The molecule has 1 aromatic heterocycles. The third kappa shape index (κ3) is 4.94. The molecule has 34 heavy (non-hydrogen) atoms. The fourth-order valence-electron chi connectivity index (χ4n) is 4.87. The number of hydrogen-bond acceptors (Lipinski definition) is 4. The number of fused-ring (bicyclic) bond motifs is 1. The van der Waals surface area contributed by atoms with Crippen molar-refractivity contribution in [1.82, 2.24) is 10.2 Å². The van der Waals surface area contributed by atoms with E-state index in [4.69, 9.17) is 4.74 Å². The molecule has 0 spiro atoms. The summed E-state index contributed by atoms with van der Waals surface area (Å²) in [5.74, 6) is -2.02. The monoisotopic (exact) mass is 466 g/mol. The third-order valence-electron chi connectivity index (χ3n) is 5.84. The Morgan fingerprint density at radius 2 is 1.74 bits per heavy atom. The van der Waals surface area contributed by atoms with Gasteiger partial charge >= 0.3 is 5.97 Å². The Hall–Kier alpha value is -3.32. The molecule has 0 amide bonds. The van der Waals surface area contributed by atoms with Crippen LogP contribution in [0.25, 0.3) is 22.6 Å². The first kappa shape index (κ1) is 23.8. The van der Waals surface area contributed by atoms with Gasteiger partial charge in [0.25, 0.3) is 0 Å². The van der Waals surface area contributed by atoms with Gasteiger partial charge in [-0.2, -0.15) is 5.10 Å². The lowest BCUT2D eigenvalue weighted by Gasteiger charge is -2.43. The Morgan fingerprint density at radius 1 is 1.09 bits per heavy atom. The van der Waals surface area contributed by atoms with Crippen molar-refractivity contribution in [2.45, 2.75) is 51.7 Å². The molecule has 1 fully saturated rings. The summed E-state index contributed by atoms with van der Waals surface area (Å²) in [5.41, 5.74) is 2.10. The standard InChI is InChI=1S/C27H28F2N2O3/c1-26(2)13-19(14-27(3,4)34-26)24(17-7-8-22-18(12-17)15-30-31-22)25-20(28)10-16(11-21(25)29)6-9-23(32)33-5/h6-12,15H,13-14H2,1-5H3,(H,30,31)/b9-6+. The van der Waals surface area contributed by atoms with Gasteiger partial charge in [0.15, 0.2) is 0 Å². The number of carbonyl (C=O) groups is 1. The van der Waals surface area contributed by atoms with Crippen LogP contribution in [0, 0.1) is 11.6 Å². The minimum Gasteiger partial charge on any atom is -0.466 e. The molecule has 4 rings (SSSR count). The third-order valence-corrected chi connectivity index (χ3v) is 5.84. The zero-order chi connectivity index (χ0) is 24.7. The minimum absolute atomic E-state index is 0.0958. The first-order chi connectivity index (χ1) is 16.0. The topological polar surface area (TPSA) is 64.2 Å². The number of benzene rings is 2. The number of aromatic amines is 1. The van der Waals surface area contributed by atoms with E-state index in [0.717, 1.165) is 22.6 Å². The Kier molecular flexibility index (Phi) is 6.16. The number of H-pyrrole nitrogens is 1. The zero-order valence-electron chi connectivity index (χ0n) is 20.0. The SMILES string of the molecule is COC(=O)/C=C/c1cc(F)c(C(=C2CC(C)(C)OC(C)(C)C2)c2ccc3[nH]ncc3c2)c(F)c1. The first-order valence-corrected chi connectivity index (χ1v) is 11.1. The number of hydrogen-bond donors (Lipinski definition) is 1. The van der Waals surface area contributed by atoms with E-state index in [1.807, 2.05) is 45.9 Å². The molecule has 3 aromatic rings. The van der Waals surface area contributed by atoms with Crippen molar-refractivity contribution in [1.29, 1.82) is 0 Å². The van der Waals surface area contributed by atoms with Crippen molar-refractivity contribution < 1.29 is 23.0 Å². The van der Waals surface area contributed by atoms with E-state index in [0.29, 0.717) is 24.0 Å². The molecular weight excluding hydrogens is 438 g/mol. The van der Waals surface area contributed by atoms with Gasteiger partial charge in [0, 0.05) is 11.5 Å². The van der Waals surface area contributed by atoms with Gasteiger partial charge in [-0.1, -0.05) is 11.6 Å². The van der Waals surface area contributed by atoms with Crippen molar-refractivity contribution in [3.8, 4) is 0 Å². The van der Waals surface area contributed by atoms with Crippen LogP contribution in [0.15, 0.2) is 48.2 Å². The van der Waals surface area contributed by atoms with Crippen LogP contribution in [-0.4, -0.2) is 34.5 Å². The largest absolute Gasteiger partial charge is 0.466 e. The number of rotatable bonds is 4. The van der Waals surface area contributed by atoms with Crippen molar-refractivity contribution in [2.24, 2.45) is 0 Å². The van der Waals surface area contributed by atoms with Gasteiger partial charge < -0.3 is 9.47 Å². The molecule has 1 saturated heterocycles. The average Bonchev–Trinajstić information content (AvgIpc) is 3.20. The van der Waals surface area contributed by atoms with E-state index in [2.05, 4.69) is 14.9 Å². The minimum atomic E-state index is -0.707. The fourth-order valence-corrected chi connectivity index (χ4v) is 4.87. The average molecular weight is 467 g/mol. The molecule has 1 aliphatic rings. The highest BCUT2D eigenvalue weighted by Crippen LogP contribution is 2.44. The Morgan fingerprint density at radius 3 is 2.35 bits per heavy atom. The van der Waals surface area contributed by atoms with Crippen molar-refractivity contribution in [3.05, 3.63) is 76.5 Å². The number of methoxy groups -OCH3 is 1. The Balaban J connectivity index is 1.94. The van der Waals surface area contributed by atoms with Crippen molar-refractivity contribution in [3.63, 3.8) is 0 Å². The highest BCUT2D eigenvalue weighted by Gasteiger charge is 2.38. The Bertz CT molecular complexity index is 1280. The number of aromatic nitrogens is 2. The molecular formula is C27H28F2N2O3. The van der Waals surface area contributed by atoms with Crippen LogP contribution in [0.5, 0.6) is 0 Å². The van der Waals surface area contributed by atoms with Gasteiger partial charge in [0.05, 0.1) is 35.6 Å². The van der Waals surface area contributed by atoms with Gasteiger partial charge in [-0.15, -0.1) is 0 Å².